The van der Waals surface area contributed by atoms with Crippen molar-refractivity contribution in [3.05, 3.63) is 64.1 Å². The number of hydrogen-bond acceptors (Lipinski definition) is 4. The Balaban J connectivity index is 1.76. The first-order valence-corrected chi connectivity index (χ1v) is 12.3. The maximum atomic E-state index is 12.2. The second kappa shape index (κ2) is 11.0. The summed E-state index contributed by atoms with van der Waals surface area (Å²) in [6.07, 6.45) is 1.84. The fourth-order valence-electron chi connectivity index (χ4n) is 2.42. The normalized spacial score (nSPS) is 11.2. The standard InChI is InChI=1S/C19H22Cl2N2O3S2/c1-28(25,26)23(17-8-4-7-16(20)12-17)13-19(24)22-10-5-11-27-14-15-6-2-3-9-18(15)21/h2-4,6-9,12H,5,10-11,13-14H2,1H3,(H,22,24). The van der Waals surface area contributed by atoms with Crippen molar-refractivity contribution in [1.82, 2.24) is 5.32 Å². The third-order valence-electron chi connectivity index (χ3n) is 3.79. The molecule has 0 aliphatic heterocycles. The van der Waals surface area contributed by atoms with Crippen molar-refractivity contribution in [3.63, 3.8) is 0 Å². The average molecular weight is 461 g/mol. The van der Waals surface area contributed by atoms with Crippen LogP contribution < -0.4 is 9.62 Å². The summed E-state index contributed by atoms with van der Waals surface area (Å²) in [7, 11) is -3.61. The van der Waals surface area contributed by atoms with Crippen LogP contribution in [-0.2, 0) is 20.6 Å². The highest BCUT2D eigenvalue weighted by Crippen LogP contribution is 2.22. The van der Waals surface area contributed by atoms with E-state index in [-0.39, 0.29) is 12.5 Å². The number of sulfonamides is 1. The summed E-state index contributed by atoms with van der Waals surface area (Å²) in [5.41, 5.74) is 1.45. The molecular weight excluding hydrogens is 439 g/mol. The van der Waals surface area contributed by atoms with Crippen molar-refractivity contribution in [2.75, 3.05) is 29.4 Å². The molecule has 0 aliphatic carbocycles. The number of nitrogens with one attached hydrogen (secondary N) is 1. The van der Waals surface area contributed by atoms with Crippen LogP contribution in [0.5, 0.6) is 0 Å². The van der Waals surface area contributed by atoms with E-state index >= 15 is 0 Å². The zero-order valence-electron chi connectivity index (χ0n) is 15.4. The molecule has 9 heteroatoms. The molecule has 0 saturated heterocycles. The predicted octanol–water partition coefficient (Wildman–Crippen LogP) is 4.20. The van der Waals surface area contributed by atoms with Gasteiger partial charge in [-0.05, 0) is 42.0 Å². The lowest BCUT2D eigenvalue weighted by atomic mass is 10.2. The Labute approximate surface area is 180 Å². The lowest BCUT2D eigenvalue weighted by molar-refractivity contribution is -0.119. The van der Waals surface area contributed by atoms with Crippen molar-refractivity contribution >= 4 is 56.6 Å². The number of benzene rings is 2. The van der Waals surface area contributed by atoms with Crippen LogP contribution in [0.2, 0.25) is 10.0 Å². The van der Waals surface area contributed by atoms with Crippen LogP contribution in [-0.4, -0.2) is 39.4 Å². The molecule has 0 unspecified atom stereocenters. The van der Waals surface area contributed by atoms with Gasteiger partial charge in [0.1, 0.15) is 6.54 Å². The minimum absolute atomic E-state index is 0.286. The number of nitrogens with zero attached hydrogens (tertiary/aromatic N) is 1. The van der Waals surface area contributed by atoms with E-state index in [1.165, 1.54) is 6.07 Å². The molecule has 152 valence electrons. The molecule has 0 aromatic heterocycles. The van der Waals surface area contributed by atoms with Crippen molar-refractivity contribution in [2.24, 2.45) is 0 Å². The third-order valence-corrected chi connectivity index (χ3v) is 6.62. The van der Waals surface area contributed by atoms with E-state index in [1.54, 1.807) is 30.0 Å². The van der Waals surface area contributed by atoms with Crippen molar-refractivity contribution in [1.29, 1.82) is 0 Å². The molecule has 0 radical (unpaired) electrons. The van der Waals surface area contributed by atoms with Gasteiger partial charge in [-0.2, -0.15) is 11.8 Å². The first-order chi connectivity index (χ1) is 13.3. The number of rotatable bonds is 10. The SMILES string of the molecule is CS(=O)(=O)N(CC(=O)NCCCSCc1ccccc1Cl)c1cccc(Cl)c1. The van der Waals surface area contributed by atoms with Gasteiger partial charge in [-0.25, -0.2) is 8.42 Å². The summed E-state index contributed by atoms with van der Waals surface area (Å²) >= 11 is 13.8. The van der Waals surface area contributed by atoms with Crippen LogP contribution in [0.1, 0.15) is 12.0 Å². The molecule has 5 nitrogen and oxygen atoms in total. The van der Waals surface area contributed by atoms with E-state index in [2.05, 4.69) is 5.32 Å². The number of carbonyl (C=O) groups excluding carboxylic acids is 1. The van der Waals surface area contributed by atoms with E-state index < -0.39 is 10.0 Å². The molecule has 0 spiro atoms. The van der Waals surface area contributed by atoms with E-state index in [4.69, 9.17) is 23.2 Å². The van der Waals surface area contributed by atoms with Gasteiger partial charge in [0.05, 0.1) is 11.9 Å². The third kappa shape index (κ3) is 7.54. The van der Waals surface area contributed by atoms with Crippen molar-refractivity contribution in [3.8, 4) is 0 Å². The first-order valence-electron chi connectivity index (χ1n) is 8.58. The van der Waals surface area contributed by atoms with Gasteiger partial charge >= 0.3 is 0 Å². The van der Waals surface area contributed by atoms with Gasteiger partial charge in [-0.3, -0.25) is 9.10 Å². The van der Waals surface area contributed by atoms with Crippen molar-refractivity contribution < 1.29 is 13.2 Å². The Hall–Kier alpha value is -1.41. The molecule has 2 aromatic rings. The number of thioether (sulfide) groups is 1. The van der Waals surface area contributed by atoms with Gasteiger partial charge in [0.2, 0.25) is 15.9 Å². The van der Waals surface area contributed by atoms with Gasteiger partial charge in [-0.1, -0.05) is 47.5 Å². The zero-order chi connectivity index (χ0) is 20.6. The minimum atomic E-state index is -3.61. The Morgan fingerprint density at radius 1 is 1.14 bits per heavy atom. The molecular formula is C19H22Cl2N2O3S2. The number of carbonyl (C=O) groups is 1. The smallest absolute Gasteiger partial charge is 0.240 e. The fourth-order valence-corrected chi connectivity index (χ4v) is 4.70. The summed E-state index contributed by atoms with van der Waals surface area (Å²) in [5, 5.41) is 3.92. The molecule has 0 atom stereocenters. The van der Waals surface area contributed by atoms with Crippen LogP contribution in [0, 0.1) is 0 Å². The second-order valence-electron chi connectivity index (χ2n) is 6.10. The lowest BCUT2D eigenvalue weighted by Crippen LogP contribution is -2.40. The van der Waals surface area contributed by atoms with Gasteiger partial charge in [-0.15, -0.1) is 0 Å². The van der Waals surface area contributed by atoms with Crippen LogP contribution in [0.25, 0.3) is 0 Å². The van der Waals surface area contributed by atoms with E-state index in [0.29, 0.717) is 17.3 Å². The van der Waals surface area contributed by atoms with Crippen LogP contribution in [0.4, 0.5) is 5.69 Å². The molecule has 2 aromatic carbocycles. The fraction of sp³-hybridized carbons (Fsp3) is 0.316. The molecule has 0 saturated carbocycles. The highest BCUT2D eigenvalue weighted by molar-refractivity contribution is 7.98. The summed E-state index contributed by atoms with van der Waals surface area (Å²) in [5.74, 6) is 1.31. The molecule has 0 fully saturated rings. The van der Waals surface area contributed by atoms with Gasteiger partial charge in [0.25, 0.3) is 0 Å². The Morgan fingerprint density at radius 2 is 1.89 bits per heavy atom. The van der Waals surface area contributed by atoms with Gasteiger partial charge in [0, 0.05) is 22.3 Å². The molecule has 1 N–H and O–H groups in total. The second-order valence-corrected chi connectivity index (χ2v) is 9.95. The van der Waals surface area contributed by atoms with Crippen LogP contribution in [0.3, 0.4) is 0 Å². The maximum absolute atomic E-state index is 12.2. The molecule has 2 rings (SSSR count). The molecule has 0 bridgehead atoms. The number of halogens is 2. The zero-order valence-corrected chi connectivity index (χ0v) is 18.5. The summed E-state index contributed by atoms with van der Waals surface area (Å²) in [6, 6.07) is 14.1. The van der Waals surface area contributed by atoms with E-state index in [9.17, 15) is 13.2 Å². The Bertz CT molecular complexity index is 908. The van der Waals surface area contributed by atoms with Gasteiger partial charge in [0.15, 0.2) is 0 Å². The average Bonchev–Trinajstić information content (AvgIpc) is 2.63. The van der Waals surface area contributed by atoms with E-state index in [1.807, 2.05) is 24.3 Å². The topological polar surface area (TPSA) is 66.5 Å². The Kier molecular flexibility index (Phi) is 8.95. The van der Waals surface area contributed by atoms with E-state index in [0.717, 1.165) is 39.1 Å². The minimum Gasteiger partial charge on any atom is -0.354 e. The van der Waals surface area contributed by atoms with Gasteiger partial charge < -0.3 is 5.32 Å². The molecule has 1 amide bonds. The highest BCUT2D eigenvalue weighted by Gasteiger charge is 2.20. The molecule has 0 aliphatic rings. The van der Waals surface area contributed by atoms with Crippen molar-refractivity contribution in [2.45, 2.75) is 12.2 Å². The number of amides is 1. The summed E-state index contributed by atoms with van der Waals surface area (Å²) < 4.78 is 25.1. The van der Waals surface area contributed by atoms with Crippen LogP contribution in [0.15, 0.2) is 48.5 Å². The molecule has 0 heterocycles. The Morgan fingerprint density at radius 3 is 2.57 bits per heavy atom. The predicted molar refractivity (Wildman–Crippen MR) is 119 cm³/mol. The first kappa shape index (κ1) is 22.9. The monoisotopic (exact) mass is 460 g/mol. The maximum Gasteiger partial charge on any atom is 0.240 e. The quantitative estimate of drug-likeness (QED) is 0.539. The molecule has 28 heavy (non-hydrogen) atoms. The highest BCUT2D eigenvalue weighted by atomic mass is 35.5. The number of anilines is 1. The lowest BCUT2D eigenvalue weighted by Gasteiger charge is -2.22. The largest absolute Gasteiger partial charge is 0.354 e. The summed E-state index contributed by atoms with van der Waals surface area (Å²) in [6.45, 7) is 0.188. The summed E-state index contributed by atoms with van der Waals surface area (Å²) in [4.78, 5) is 12.2. The number of hydrogen-bond donors (Lipinski definition) is 1. The van der Waals surface area contributed by atoms with Crippen LogP contribution >= 0.6 is 35.0 Å².